The number of carbonyl (C=O) groups is 1. The van der Waals surface area contributed by atoms with Crippen LogP contribution in [0.15, 0.2) is 46.0 Å². The Labute approximate surface area is 165 Å². The molecule has 2 N–H and O–H groups in total. The molecule has 0 fully saturated rings. The number of benzene rings is 1. The maximum atomic E-state index is 12.3. The average molecular weight is 423 g/mol. The Balaban J connectivity index is 1.63. The predicted molar refractivity (Wildman–Crippen MR) is 108 cm³/mol. The van der Waals surface area contributed by atoms with Crippen molar-refractivity contribution >= 4 is 49.4 Å². The molecule has 0 saturated heterocycles. The maximum Gasteiger partial charge on any atom is 0.271 e. The molecule has 0 atom stereocenters. The summed E-state index contributed by atoms with van der Waals surface area (Å²) in [5, 5.41) is 13.8. The molecule has 3 aromatic rings. The molecule has 2 aromatic heterocycles. The first-order valence-electron chi connectivity index (χ1n) is 8.28. The monoisotopic (exact) mass is 422 g/mol. The number of carbonyl (C=O) groups excluding carboxylic acids is 1. The number of rotatable bonds is 8. The van der Waals surface area contributed by atoms with Crippen molar-refractivity contribution in [1.82, 2.24) is 10.2 Å². The number of nitrogens with one attached hydrogen (secondary N) is 2. The Bertz CT molecular complexity index is 996. The Morgan fingerprint density at radius 1 is 1.15 bits per heavy atom. The largest absolute Gasteiger partial charge is 0.296 e. The lowest BCUT2D eigenvalue weighted by atomic mass is 10.2. The van der Waals surface area contributed by atoms with Crippen LogP contribution in [0, 0.1) is 0 Å². The second-order valence-corrected chi connectivity index (χ2v) is 9.59. The van der Waals surface area contributed by atoms with Crippen molar-refractivity contribution in [3.63, 3.8) is 0 Å². The molecule has 142 valence electrons. The van der Waals surface area contributed by atoms with E-state index in [4.69, 9.17) is 0 Å². The zero-order valence-corrected chi connectivity index (χ0v) is 17.0. The van der Waals surface area contributed by atoms with Crippen molar-refractivity contribution in [3.8, 4) is 0 Å². The van der Waals surface area contributed by atoms with Gasteiger partial charge in [0, 0.05) is 17.7 Å². The van der Waals surface area contributed by atoms with Crippen molar-refractivity contribution in [2.75, 3.05) is 10.0 Å². The molecule has 3 rings (SSSR count). The number of aryl methyl sites for hydroxylation is 1. The summed E-state index contributed by atoms with van der Waals surface area (Å²) in [6, 6.07) is 9.42. The maximum absolute atomic E-state index is 12.3. The molecular formula is C17H18N4O3S3. The number of thiophene rings is 1. The van der Waals surface area contributed by atoms with Crippen LogP contribution in [0.3, 0.4) is 0 Å². The number of hydrogen-bond acceptors (Lipinski definition) is 7. The fourth-order valence-corrected chi connectivity index (χ4v) is 5.04. The average Bonchev–Trinajstić information content (AvgIpc) is 3.32. The lowest BCUT2D eigenvalue weighted by Crippen LogP contribution is -2.13. The number of hydrogen-bond donors (Lipinski definition) is 2. The van der Waals surface area contributed by atoms with Gasteiger partial charge in [0.25, 0.3) is 15.9 Å². The molecule has 1 amide bonds. The number of anilines is 2. The molecule has 0 aliphatic heterocycles. The fourth-order valence-electron chi connectivity index (χ4n) is 2.21. The summed E-state index contributed by atoms with van der Waals surface area (Å²) < 4.78 is 27.1. The van der Waals surface area contributed by atoms with Gasteiger partial charge >= 0.3 is 0 Å². The molecule has 0 spiro atoms. The molecule has 0 unspecified atom stereocenters. The van der Waals surface area contributed by atoms with Crippen molar-refractivity contribution in [3.05, 3.63) is 52.3 Å². The number of unbranched alkanes of at least 4 members (excludes halogenated alkanes) is 1. The van der Waals surface area contributed by atoms with Crippen LogP contribution >= 0.6 is 22.7 Å². The van der Waals surface area contributed by atoms with Gasteiger partial charge in [-0.3, -0.25) is 14.8 Å². The van der Waals surface area contributed by atoms with E-state index in [1.54, 1.807) is 35.7 Å². The smallest absolute Gasteiger partial charge is 0.271 e. The molecule has 0 saturated carbocycles. The molecule has 0 bridgehead atoms. The Hall–Kier alpha value is -2.30. The van der Waals surface area contributed by atoms with Gasteiger partial charge in [-0.15, -0.1) is 21.5 Å². The number of aromatic nitrogens is 2. The second-order valence-electron chi connectivity index (χ2n) is 5.67. The molecule has 10 heteroatoms. The fraction of sp³-hybridized carbons (Fsp3) is 0.235. The topological polar surface area (TPSA) is 101 Å². The van der Waals surface area contributed by atoms with Crippen LogP contribution in [0.1, 0.15) is 35.1 Å². The minimum atomic E-state index is -3.61. The summed E-state index contributed by atoms with van der Waals surface area (Å²) in [6.45, 7) is 2.11. The van der Waals surface area contributed by atoms with Gasteiger partial charge in [-0.05, 0) is 42.1 Å². The summed E-state index contributed by atoms with van der Waals surface area (Å²) in [4.78, 5) is 12.3. The molecule has 1 aromatic carbocycles. The van der Waals surface area contributed by atoms with E-state index < -0.39 is 10.0 Å². The first kappa shape index (κ1) is 19.5. The standard InChI is InChI=1S/C17H18N4O3S3/c1-2-3-5-14-19-20-17(26-14)18-16(22)12-7-9-13(10-8-12)21-27(23,24)15-6-4-11-25-15/h4,6-11,21H,2-3,5H2,1H3,(H,18,20,22). The van der Waals surface area contributed by atoms with E-state index in [1.807, 2.05) is 0 Å². The quantitative estimate of drug-likeness (QED) is 0.571. The molecule has 0 radical (unpaired) electrons. The van der Waals surface area contributed by atoms with Crippen molar-refractivity contribution < 1.29 is 13.2 Å². The summed E-state index contributed by atoms with van der Waals surface area (Å²) in [6.07, 6.45) is 2.96. The Morgan fingerprint density at radius 3 is 2.59 bits per heavy atom. The highest BCUT2D eigenvalue weighted by Crippen LogP contribution is 2.21. The first-order chi connectivity index (χ1) is 13.0. The van der Waals surface area contributed by atoms with E-state index in [2.05, 4.69) is 27.2 Å². The van der Waals surface area contributed by atoms with Gasteiger partial charge in [0.05, 0.1) is 0 Å². The van der Waals surface area contributed by atoms with Crippen LogP contribution < -0.4 is 10.0 Å². The highest BCUT2D eigenvalue weighted by atomic mass is 32.2. The summed E-state index contributed by atoms with van der Waals surface area (Å²) >= 11 is 2.50. The predicted octanol–water partition coefficient (Wildman–Crippen LogP) is 4.00. The van der Waals surface area contributed by atoms with Gasteiger partial charge in [-0.1, -0.05) is 30.7 Å². The van der Waals surface area contributed by atoms with Crippen LogP contribution in [-0.4, -0.2) is 24.5 Å². The van der Waals surface area contributed by atoms with Crippen molar-refractivity contribution in [1.29, 1.82) is 0 Å². The molecule has 7 nitrogen and oxygen atoms in total. The minimum Gasteiger partial charge on any atom is -0.296 e. The highest BCUT2D eigenvalue weighted by Gasteiger charge is 2.16. The summed E-state index contributed by atoms with van der Waals surface area (Å²) in [5.74, 6) is -0.319. The van der Waals surface area contributed by atoms with Crippen molar-refractivity contribution in [2.45, 2.75) is 30.4 Å². The number of nitrogens with zero attached hydrogens (tertiary/aromatic N) is 2. The molecule has 0 aliphatic rings. The first-order valence-corrected chi connectivity index (χ1v) is 11.5. The van der Waals surface area contributed by atoms with E-state index >= 15 is 0 Å². The van der Waals surface area contributed by atoms with Crippen LogP contribution in [-0.2, 0) is 16.4 Å². The van der Waals surface area contributed by atoms with Gasteiger partial charge in [0.15, 0.2) is 0 Å². The van der Waals surface area contributed by atoms with Crippen LogP contribution in [0.5, 0.6) is 0 Å². The Morgan fingerprint density at radius 2 is 1.93 bits per heavy atom. The molecule has 2 heterocycles. The van der Waals surface area contributed by atoms with Gasteiger partial charge in [0.1, 0.15) is 9.22 Å². The van der Waals surface area contributed by atoms with Gasteiger partial charge in [0.2, 0.25) is 5.13 Å². The molecular weight excluding hydrogens is 404 g/mol. The second kappa shape index (κ2) is 8.59. The summed E-state index contributed by atoms with van der Waals surface area (Å²) in [7, 11) is -3.61. The third-order valence-corrected chi connectivity index (χ3v) is 7.27. The van der Waals surface area contributed by atoms with Crippen molar-refractivity contribution in [2.24, 2.45) is 0 Å². The third kappa shape index (κ3) is 5.12. The SMILES string of the molecule is CCCCc1nnc(NC(=O)c2ccc(NS(=O)(=O)c3cccs3)cc2)s1. The lowest BCUT2D eigenvalue weighted by molar-refractivity contribution is 0.102. The van der Waals surface area contributed by atoms with Gasteiger partial charge < -0.3 is 0 Å². The number of sulfonamides is 1. The van der Waals surface area contributed by atoms with E-state index in [9.17, 15) is 13.2 Å². The zero-order chi connectivity index (χ0) is 19.3. The normalized spacial score (nSPS) is 11.3. The number of amides is 1. The Kier molecular flexibility index (Phi) is 6.19. The lowest BCUT2D eigenvalue weighted by Gasteiger charge is -2.07. The zero-order valence-electron chi connectivity index (χ0n) is 14.5. The van der Waals surface area contributed by atoms with Crippen LogP contribution in [0.25, 0.3) is 0 Å². The van der Waals surface area contributed by atoms with Gasteiger partial charge in [-0.25, -0.2) is 8.42 Å². The van der Waals surface area contributed by atoms with Crippen LogP contribution in [0.4, 0.5) is 10.8 Å². The van der Waals surface area contributed by atoms with E-state index in [-0.39, 0.29) is 10.1 Å². The van der Waals surface area contributed by atoms with Crippen LogP contribution in [0.2, 0.25) is 0 Å². The highest BCUT2D eigenvalue weighted by molar-refractivity contribution is 7.94. The minimum absolute atomic E-state index is 0.236. The van der Waals surface area contributed by atoms with Gasteiger partial charge in [-0.2, -0.15) is 0 Å². The van der Waals surface area contributed by atoms with E-state index in [0.29, 0.717) is 16.4 Å². The third-order valence-electron chi connectivity index (χ3n) is 3.59. The van der Waals surface area contributed by atoms with E-state index in [1.165, 1.54) is 17.4 Å². The molecule has 0 aliphatic carbocycles. The molecule has 27 heavy (non-hydrogen) atoms. The van der Waals surface area contributed by atoms with E-state index in [0.717, 1.165) is 35.6 Å². The summed E-state index contributed by atoms with van der Waals surface area (Å²) in [5.41, 5.74) is 0.789.